The number of sulfonamides is 1. The third-order valence-corrected chi connectivity index (χ3v) is 7.61. The Labute approximate surface area is 245 Å². The Morgan fingerprint density at radius 2 is 1.78 bits per heavy atom. The van der Waals surface area contributed by atoms with Gasteiger partial charge in [-0.2, -0.15) is 0 Å². The molecule has 0 bridgehead atoms. The summed E-state index contributed by atoms with van der Waals surface area (Å²) >= 11 is 7.26. The molecule has 4 aromatic rings. The van der Waals surface area contributed by atoms with Crippen molar-refractivity contribution in [1.29, 1.82) is 0 Å². The number of carbonyl (C=O) groups excluding carboxylic acids is 1. The van der Waals surface area contributed by atoms with E-state index in [4.69, 9.17) is 16.3 Å². The molecule has 216 valence electrons. The lowest BCUT2D eigenvalue weighted by atomic mass is 9.96. The van der Waals surface area contributed by atoms with Gasteiger partial charge >= 0.3 is 0 Å². The molecule has 3 N–H and O–H groups in total. The third kappa shape index (κ3) is 8.00. The van der Waals surface area contributed by atoms with Crippen LogP contribution in [0.2, 0.25) is 5.02 Å². The molecule has 0 aliphatic heterocycles. The highest BCUT2D eigenvalue weighted by molar-refractivity contribution is 7.92. The molecule has 2 heterocycles. The van der Waals surface area contributed by atoms with Crippen molar-refractivity contribution in [1.82, 2.24) is 4.98 Å². The fraction of sp³-hybridized carbons (Fsp3) is 0.214. The molecular weight excluding hydrogens is 596 g/mol. The van der Waals surface area contributed by atoms with Gasteiger partial charge in [-0.1, -0.05) is 11.6 Å². The average Bonchev–Trinajstić information content (AvgIpc) is 3.22. The minimum absolute atomic E-state index is 0.0817. The number of carbonyl (C=O) groups is 1. The minimum atomic E-state index is -3.56. The second-order valence-corrected chi connectivity index (χ2v) is 13.3. The van der Waals surface area contributed by atoms with Gasteiger partial charge in [-0.15, -0.1) is 11.3 Å². The predicted molar refractivity (Wildman–Crippen MR) is 156 cm³/mol. The molecule has 0 saturated heterocycles. The van der Waals surface area contributed by atoms with Crippen molar-refractivity contribution in [3.05, 3.63) is 92.3 Å². The van der Waals surface area contributed by atoms with Crippen LogP contribution in [0.4, 0.5) is 20.2 Å². The summed E-state index contributed by atoms with van der Waals surface area (Å²) in [7, 11) is -3.56. The van der Waals surface area contributed by atoms with Crippen LogP contribution in [0.3, 0.4) is 0 Å². The summed E-state index contributed by atoms with van der Waals surface area (Å²) in [6.45, 7) is 4.70. The van der Waals surface area contributed by atoms with Crippen molar-refractivity contribution in [2.45, 2.75) is 33.0 Å². The highest BCUT2D eigenvalue weighted by Gasteiger charge is 2.21. The molecule has 0 unspecified atom stereocenters. The van der Waals surface area contributed by atoms with Gasteiger partial charge in [0.1, 0.15) is 29.7 Å². The van der Waals surface area contributed by atoms with Crippen molar-refractivity contribution in [2.75, 3.05) is 16.3 Å². The van der Waals surface area contributed by atoms with Crippen LogP contribution in [0.5, 0.6) is 5.75 Å². The summed E-state index contributed by atoms with van der Waals surface area (Å²) in [5.74, 6) is -1.60. The van der Waals surface area contributed by atoms with Gasteiger partial charge in [0.25, 0.3) is 5.91 Å². The number of benzene rings is 2. The maximum Gasteiger partial charge on any atom is 0.265 e. The maximum absolute atomic E-state index is 14.2. The molecule has 2 aromatic carbocycles. The highest BCUT2D eigenvalue weighted by Crippen LogP contribution is 2.36. The van der Waals surface area contributed by atoms with E-state index in [0.29, 0.717) is 26.4 Å². The molecule has 0 aliphatic carbocycles. The number of pyridine rings is 1. The van der Waals surface area contributed by atoms with Gasteiger partial charge in [-0.05, 0) is 74.4 Å². The Balaban J connectivity index is 1.59. The van der Waals surface area contributed by atoms with Crippen LogP contribution in [0.15, 0.2) is 54.7 Å². The first kappa shape index (κ1) is 30.4. The largest absolute Gasteiger partial charge is 0.487 e. The van der Waals surface area contributed by atoms with Crippen molar-refractivity contribution >= 4 is 50.2 Å². The Hall–Kier alpha value is -3.58. The number of aliphatic hydroxyl groups is 1. The number of nitrogens with zero attached hydrogens (tertiary/aromatic N) is 1. The number of anilines is 2. The predicted octanol–water partition coefficient (Wildman–Crippen LogP) is 6.48. The van der Waals surface area contributed by atoms with Crippen LogP contribution in [0.1, 0.15) is 39.5 Å². The molecule has 0 radical (unpaired) electrons. The van der Waals surface area contributed by atoms with E-state index in [0.717, 1.165) is 18.5 Å². The van der Waals surface area contributed by atoms with E-state index in [1.807, 2.05) is 0 Å². The number of aryl methyl sites for hydroxylation is 1. The summed E-state index contributed by atoms with van der Waals surface area (Å²) in [6.07, 6.45) is 2.02. The van der Waals surface area contributed by atoms with Gasteiger partial charge in [0, 0.05) is 27.2 Å². The monoisotopic (exact) mass is 621 g/mol. The summed E-state index contributed by atoms with van der Waals surface area (Å²) in [5, 5.41) is 13.2. The van der Waals surface area contributed by atoms with Gasteiger partial charge in [-0.3, -0.25) is 9.52 Å². The van der Waals surface area contributed by atoms with Crippen LogP contribution in [0.25, 0.3) is 11.3 Å². The number of halogens is 3. The van der Waals surface area contributed by atoms with E-state index in [1.54, 1.807) is 19.1 Å². The van der Waals surface area contributed by atoms with Crippen LogP contribution in [-0.4, -0.2) is 30.7 Å². The Morgan fingerprint density at radius 3 is 2.46 bits per heavy atom. The number of rotatable bonds is 9. The molecule has 0 aliphatic rings. The van der Waals surface area contributed by atoms with E-state index >= 15 is 0 Å². The Morgan fingerprint density at radius 1 is 1.07 bits per heavy atom. The van der Waals surface area contributed by atoms with Crippen LogP contribution >= 0.6 is 22.9 Å². The van der Waals surface area contributed by atoms with Crippen LogP contribution in [-0.2, 0) is 22.2 Å². The summed E-state index contributed by atoms with van der Waals surface area (Å²) < 4.78 is 59.7. The number of hydrogen-bond donors (Lipinski definition) is 3. The van der Waals surface area contributed by atoms with Crippen molar-refractivity contribution in [2.24, 2.45) is 0 Å². The minimum Gasteiger partial charge on any atom is -0.487 e. The van der Waals surface area contributed by atoms with E-state index < -0.39 is 33.2 Å². The van der Waals surface area contributed by atoms with Crippen LogP contribution < -0.4 is 14.8 Å². The molecule has 0 atom stereocenters. The number of amides is 1. The lowest BCUT2D eigenvalue weighted by molar-refractivity contribution is 0.0780. The second-order valence-electron chi connectivity index (χ2n) is 9.83. The smallest absolute Gasteiger partial charge is 0.265 e. The van der Waals surface area contributed by atoms with Crippen molar-refractivity contribution in [3.63, 3.8) is 0 Å². The van der Waals surface area contributed by atoms with Gasteiger partial charge in [-0.25, -0.2) is 22.2 Å². The zero-order chi connectivity index (χ0) is 30.1. The average molecular weight is 622 g/mol. The van der Waals surface area contributed by atoms with Crippen LogP contribution in [0, 0.1) is 18.6 Å². The van der Waals surface area contributed by atoms with E-state index in [9.17, 15) is 27.1 Å². The number of nitrogens with one attached hydrogen (secondary N) is 2. The zero-order valence-corrected chi connectivity index (χ0v) is 24.8. The third-order valence-electron chi connectivity index (χ3n) is 5.73. The van der Waals surface area contributed by atoms with E-state index in [-0.39, 0.29) is 34.4 Å². The molecule has 4 rings (SSSR count). The van der Waals surface area contributed by atoms with Gasteiger partial charge in [0.05, 0.1) is 28.6 Å². The van der Waals surface area contributed by atoms with E-state index in [2.05, 4.69) is 15.0 Å². The number of aromatic nitrogens is 1. The highest BCUT2D eigenvalue weighted by atomic mass is 35.5. The fourth-order valence-electron chi connectivity index (χ4n) is 3.94. The SMILES string of the molecule is Cc1sc(C(=O)Nc2cc(Cl)cc(NS(C)(=O)=O)c2)cc1-c1ncc(F)cc1OCc1cc(F)cc(C(C)(C)O)c1. The standard InChI is InChI=1S/C28H26ClF2N3O5S2/c1-15-23(12-25(40-15)27(35)33-21-8-18(29)9-22(11-21)34-41(4,37)38)26-24(10-20(31)13-32-26)39-14-16-5-17(28(2,3)36)7-19(30)6-16/h5-13,34,36H,14H2,1-4H3,(H,33,35). The van der Waals surface area contributed by atoms with Gasteiger partial charge in [0.15, 0.2) is 0 Å². The summed E-state index contributed by atoms with van der Waals surface area (Å²) in [4.78, 5) is 18.2. The molecule has 0 saturated carbocycles. The fourth-order valence-corrected chi connectivity index (χ4v) is 5.63. The summed E-state index contributed by atoms with van der Waals surface area (Å²) in [5.41, 5.74) is 0.763. The molecule has 0 fully saturated rings. The molecule has 13 heteroatoms. The first-order chi connectivity index (χ1) is 19.1. The normalized spacial score (nSPS) is 11.8. The molecule has 0 spiro atoms. The molecular formula is C28H26ClF2N3O5S2. The Bertz CT molecular complexity index is 1740. The molecule has 1 amide bonds. The lowest BCUT2D eigenvalue weighted by Crippen LogP contribution is -2.16. The number of ether oxygens (including phenoxy) is 1. The second kappa shape index (κ2) is 11.7. The number of thiophene rings is 1. The summed E-state index contributed by atoms with van der Waals surface area (Å²) in [6, 6.07) is 11.1. The lowest BCUT2D eigenvalue weighted by Gasteiger charge is -2.19. The van der Waals surface area contributed by atoms with E-state index in [1.165, 1.54) is 55.5 Å². The van der Waals surface area contributed by atoms with Gasteiger partial charge < -0.3 is 15.2 Å². The molecule has 41 heavy (non-hydrogen) atoms. The zero-order valence-electron chi connectivity index (χ0n) is 22.4. The molecule has 2 aromatic heterocycles. The van der Waals surface area contributed by atoms with Gasteiger partial charge in [0.2, 0.25) is 10.0 Å². The Kier molecular flexibility index (Phi) is 8.69. The number of hydrogen-bond acceptors (Lipinski definition) is 7. The first-order valence-corrected chi connectivity index (χ1v) is 15.2. The maximum atomic E-state index is 14.2. The first-order valence-electron chi connectivity index (χ1n) is 12.1. The molecule has 8 nitrogen and oxygen atoms in total. The topological polar surface area (TPSA) is 118 Å². The van der Waals surface area contributed by atoms with Crippen molar-refractivity contribution < 1.29 is 31.8 Å². The van der Waals surface area contributed by atoms with Crippen molar-refractivity contribution in [3.8, 4) is 17.0 Å². The quantitative estimate of drug-likeness (QED) is 0.197.